The highest BCUT2D eigenvalue weighted by Gasteiger charge is 2.41. The Labute approximate surface area is 191 Å². The Morgan fingerprint density at radius 2 is 1.81 bits per heavy atom. The average molecular weight is 452 g/mol. The van der Waals surface area contributed by atoms with E-state index in [1.807, 2.05) is 0 Å². The molecule has 9 heteroatoms. The summed E-state index contributed by atoms with van der Waals surface area (Å²) in [7, 11) is 0. The van der Waals surface area contributed by atoms with Crippen LogP contribution in [0.5, 0.6) is 0 Å². The fourth-order valence-corrected chi connectivity index (χ4v) is 6.51. The van der Waals surface area contributed by atoms with Gasteiger partial charge in [0.05, 0.1) is 37.5 Å². The van der Waals surface area contributed by atoms with Gasteiger partial charge < -0.3 is 15.2 Å². The average Bonchev–Trinajstić information content (AvgIpc) is 3.50. The molecule has 0 radical (unpaired) electrons. The Morgan fingerprint density at radius 1 is 1.00 bits per heavy atom. The third-order valence-electron chi connectivity index (χ3n) is 8.50. The molecule has 0 bridgehead atoms. The summed E-state index contributed by atoms with van der Waals surface area (Å²) in [5, 5.41) is 16.8. The number of hydrogen-bond acceptors (Lipinski definition) is 8. The van der Waals surface area contributed by atoms with Gasteiger partial charge in [0.25, 0.3) is 0 Å². The van der Waals surface area contributed by atoms with E-state index < -0.39 is 5.97 Å². The number of carbonyl (C=O) groups is 1. The minimum atomic E-state index is -0.614. The Hall–Kier alpha value is -0.810. The molecule has 0 amide bonds. The summed E-state index contributed by atoms with van der Waals surface area (Å²) in [6.07, 6.45) is 9.21. The number of nitrogens with one attached hydrogen (secondary N) is 3. The van der Waals surface area contributed by atoms with E-state index >= 15 is 0 Å². The third-order valence-corrected chi connectivity index (χ3v) is 8.50. The van der Waals surface area contributed by atoms with Gasteiger partial charge in [-0.2, -0.15) is 5.48 Å². The molecule has 1 saturated carbocycles. The molecule has 182 valence electrons. The maximum Gasteiger partial charge on any atom is 0.306 e. The predicted molar refractivity (Wildman–Crippen MR) is 120 cm³/mol. The number of hydrogen-bond donors (Lipinski definition) is 4. The van der Waals surface area contributed by atoms with Gasteiger partial charge in [0.1, 0.15) is 6.23 Å². The van der Waals surface area contributed by atoms with E-state index in [2.05, 4.69) is 25.9 Å². The SMILES string of the molecule is O=C(O)C1CCC(CN2CCCC2C2NC(C3CCC(N4CCOCC4)NC3)NO2)CC1. The van der Waals surface area contributed by atoms with Crippen LogP contribution in [0.25, 0.3) is 0 Å². The number of nitrogens with zero attached hydrogens (tertiary/aromatic N) is 2. The van der Waals surface area contributed by atoms with Crippen molar-refractivity contribution in [3.63, 3.8) is 0 Å². The zero-order valence-electron chi connectivity index (χ0n) is 19.2. The second kappa shape index (κ2) is 10.6. The molecule has 0 aromatic carbocycles. The highest BCUT2D eigenvalue weighted by molar-refractivity contribution is 5.69. The first kappa shape index (κ1) is 23.0. The summed E-state index contributed by atoms with van der Waals surface area (Å²) >= 11 is 0. The van der Waals surface area contributed by atoms with Crippen LogP contribution in [0.3, 0.4) is 0 Å². The molecule has 5 unspecified atom stereocenters. The molecule has 4 aliphatic heterocycles. The molecule has 4 saturated heterocycles. The molecular weight excluding hydrogens is 410 g/mol. The maximum atomic E-state index is 11.2. The quantitative estimate of drug-likeness (QED) is 0.467. The van der Waals surface area contributed by atoms with Gasteiger partial charge in [0.2, 0.25) is 0 Å². The number of rotatable bonds is 6. The van der Waals surface area contributed by atoms with Crippen molar-refractivity contribution >= 4 is 5.97 Å². The number of ether oxygens (including phenoxy) is 1. The summed E-state index contributed by atoms with van der Waals surface area (Å²) in [5.74, 6) is 0.406. The summed E-state index contributed by atoms with van der Waals surface area (Å²) in [4.78, 5) is 22.4. The van der Waals surface area contributed by atoms with Crippen molar-refractivity contribution in [3.05, 3.63) is 0 Å². The van der Waals surface area contributed by atoms with Crippen LogP contribution < -0.4 is 16.1 Å². The Morgan fingerprint density at radius 3 is 2.53 bits per heavy atom. The number of carboxylic acids is 1. The van der Waals surface area contributed by atoms with Crippen LogP contribution in [0, 0.1) is 17.8 Å². The standard InChI is InChI=1S/C23H41N5O4/c29-23(30)17-5-3-16(4-6-17)15-28-9-1-2-19(28)22-25-21(26-32-22)18-7-8-20(24-14-18)27-10-12-31-13-11-27/h16-22,24-26H,1-15H2,(H,29,30). The number of piperidine rings is 1. The van der Waals surface area contributed by atoms with Crippen molar-refractivity contribution < 1.29 is 19.5 Å². The minimum Gasteiger partial charge on any atom is -0.481 e. The van der Waals surface area contributed by atoms with Crippen molar-refractivity contribution in [1.82, 2.24) is 25.9 Å². The second-order valence-electron chi connectivity index (χ2n) is 10.5. The van der Waals surface area contributed by atoms with Gasteiger partial charge in [-0.15, -0.1) is 0 Å². The molecule has 5 rings (SSSR count). The van der Waals surface area contributed by atoms with E-state index in [9.17, 15) is 9.90 Å². The van der Waals surface area contributed by atoms with Crippen molar-refractivity contribution in [3.8, 4) is 0 Å². The molecule has 0 aromatic rings. The Bertz CT molecular complexity index is 618. The van der Waals surface area contributed by atoms with Crippen LogP contribution in [-0.2, 0) is 14.4 Å². The van der Waals surface area contributed by atoms with Crippen LogP contribution in [0.1, 0.15) is 51.4 Å². The normalized spacial score (nSPS) is 42.3. The maximum absolute atomic E-state index is 11.2. The van der Waals surface area contributed by atoms with Gasteiger partial charge in [-0.05, 0) is 63.8 Å². The summed E-state index contributed by atoms with van der Waals surface area (Å²) in [6, 6.07) is 0.405. The van der Waals surface area contributed by atoms with Crippen LogP contribution in [-0.4, -0.2) is 91.4 Å². The van der Waals surface area contributed by atoms with Crippen LogP contribution in [0.15, 0.2) is 0 Å². The molecule has 0 spiro atoms. The lowest BCUT2D eigenvalue weighted by Crippen LogP contribution is -2.57. The molecule has 4 N–H and O–H groups in total. The van der Waals surface area contributed by atoms with Crippen LogP contribution in [0.2, 0.25) is 0 Å². The van der Waals surface area contributed by atoms with Gasteiger partial charge in [0.15, 0.2) is 0 Å². The first-order valence-electron chi connectivity index (χ1n) is 12.9. The van der Waals surface area contributed by atoms with Gasteiger partial charge in [-0.25, -0.2) is 0 Å². The zero-order valence-corrected chi connectivity index (χ0v) is 19.2. The van der Waals surface area contributed by atoms with Crippen molar-refractivity contribution in [1.29, 1.82) is 0 Å². The summed E-state index contributed by atoms with van der Waals surface area (Å²) in [5.41, 5.74) is 3.31. The van der Waals surface area contributed by atoms with Gasteiger partial charge in [0, 0.05) is 32.1 Å². The Balaban J connectivity index is 1.07. The molecule has 0 aromatic heterocycles. The molecule has 4 heterocycles. The highest BCUT2D eigenvalue weighted by atomic mass is 16.7. The van der Waals surface area contributed by atoms with E-state index in [4.69, 9.17) is 9.57 Å². The molecule has 32 heavy (non-hydrogen) atoms. The molecule has 1 aliphatic carbocycles. The van der Waals surface area contributed by atoms with Crippen molar-refractivity contribution in [2.24, 2.45) is 17.8 Å². The number of aliphatic carboxylic acids is 1. The lowest BCUT2D eigenvalue weighted by atomic mass is 9.82. The monoisotopic (exact) mass is 451 g/mol. The molecule has 5 atom stereocenters. The lowest BCUT2D eigenvalue weighted by Gasteiger charge is -2.40. The first-order chi connectivity index (χ1) is 15.7. The summed E-state index contributed by atoms with van der Waals surface area (Å²) in [6.45, 7) is 6.97. The highest BCUT2D eigenvalue weighted by Crippen LogP contribution is 2.32. The van der Waals surface area contributed by atoms with Gasteiger partial charge >= 0.3 is 5.97 Å². The van der Waals surface area contributed by atoms with Crippen molar-refractivity contribution in [2.45, 2.75) is 76.0 Å². The number of hydroxylamine groups is 1. The first-order valence-corrected chi connectivity index (χ1v) is 12.9. The number of likely N-dealkylation sites (tertiary alicyclic amines) is 1. The smallest absolute Gasteiger partial charge is 0.306 e. The summed E-state index contributed by atoms with van der Waals surface area (Å²) < 4.78 is 5.49. The van der Waals surface area contributed by atoms with Gasteiger partial charge in [-0.1, -0.05) is 0 Å². The molecule has 9 nitrogen and oxygen atoms in total. The third kappa shape index (κ3) is 5.29. The van der Waals surface area contributed by atoms with Crippen molar-refractivity contribution in [2.75, 3.05) is 45.9 Å². The Kier molecular flexibility index (Phi) is 7.63. The topological polar surface area (TPSA) is 98.3 Å². The number of morpholine rings is 1. The van der Waals surface area contributed by atoms with E-state index in [-0.39, 0.29) is 18.3 Å². The largest absolute Gasteiger partial charge is 0.481 e. The van der Waals surface area contributed by atoms with E-state index in [1.54, 1.807) is 0 Å². The molecular formula is C23H41N5O4. The molecule has 5 aliphatic rings. The van der Waals surface area contributed by atoms with E-state index in [0.717, 1.165) is 71.6 Å². The fraction of sp³-hybridized carbons (Fsp3) is 0.957. The zero-order chi connectivity index (χ0) is 21.9. The minimum absolute atomic E-state index is 0.0369. The van der Waals surface area contributed by atoms with Crippen LogP contribution in [0.4, 0.5) is 0 Å². The molecule has 5 fully saturated rings. The van der Waals surface area contributed by atoms with Crippen LogP contribution >= 0.6 is 0 Å². The lowest BCUT2D eigenvalue weighted by molar-refractivity contribution is -0.143. The predicted octanol–water partition coefficient (Wildman–Crippen LogP) is 0.776. The number of carboxylic acid groups (broad SMARTS) is 1. The second-order valence-corrected chi connectivity index (χ2v) is 10.5. The fourth-order valence-electron chi connectivity index (χ4n) is 6.51. The van der Waals surface area contributed by atoms with Gasteiger partial charge in [-0.3, -0.25) is 24.7 Å². The van der Waals surface area contributed by atoms with E-state index in [0.29, 0.717) is 24.0 Å². The van der Waals surface area contributed by atoms with E-state index in [1.165, 1.54) is 25.7 Å².